The molecular formula is C44H78O15P2. The second-order valence-electron chi connectivity index (χ2n) is 15.0. The first kappa shape index (κ1) is 58.7. The van der Waals surface area contributed by atoms with Gasteiger partial charge in [-0.2, -0.15) is 0 Å². The fourth-order valence-electron chi connectivity index (χ4n) is 5.56. The van der Waals surface area contributed by atoms with Crippen molar-refractivity contribution in [3.05, 3.63) is 60.8 Å². The Hall–Kier alpha value is -2.26. The molecular weight excluding hydrogens is 830 g/mol. The van der Waals surface area contributed by atoms with Crippen LogP contribution in [-0.4, -0.2) is 92.8 Å². The van der Waals surface area contributed by atoms with Crippen LogP contribution >= 0.6 is 15.6 Å². The number of carbonyl (C=O) groups is 2. The Morgan fingerprint density at radius 2 is 1.05 bits per heavy atom. The zero-order valence-electron chi connectivity index (χ0n) is 36.7. The summed E-state index contributed by atoms with van der Waals surface area (Å²) in [4.78, 5) is 52.7. The number of phosphoric ester groups is 2. The van der Waals surface area contributed by atoms with Gasteiger partial charge in [0.15, 0.2) is 6.10 Å². The highest BCUT2D eigenvalue weighted by Crippen LogP contribution is 2.43. The Kier molecular flexibility index (Phi) is 37.9. The van der Waals surface area contributed by atoms with Crippen molar-refractivity contribution < 1.29 is 71.8 Å². The lowest BCUT2D eigenvalue weighted by atomic mass is 10.0. The maximum Gasteiger partial charge on any atom is 0.472 e. The van der Waals surface area contributed by atoms with Crippen molar-refractivity contribution in [3.63, 3.8) is 0 Å². The highest BCUT2D eigenvalue weighted by molar-refractivity contribution is 7.47. The van der Waals surface area contributed by atoms with Crippen molar-refractivity contribution in [3.8, 4) is 0 Å². The van der Waals surface area contributed by atoms with E-state index < -0.39 is 78.4 Å². The first-order chi connectivity index (χ1) is 29.2. The molecule has 0 saturated carbocycles. The average Bonchev–Trinajstić information content (AvgIpc) is 3.21. The molecule has 0 radical (unpaired) electrons. The Labute approximate surface area is 365 Å². The van der Waals surface area contributed by atoms with Gasteiger partial charge < -0.3 is 39.5 Å². The van der Waals surface area contributed by atoms with Gasteiger partial charge in [0.1, 0.15) is 12.7 Å². The third-order valence-electron chi connectivity index (χ3n) is 9.10. The molecule has 0 heterocycles. The van der Waals surface area contributed by atoms with E-state index in [1.54, 1.807) is 6.08 Å². The number of phosphoric acid groups is 2. The summed E-state index contributed by atoms with van der Waals surface area (Å²) >= 11 is 0. The number of aliphatic hydroxyl groups is 3. The topological polar surface area (TPSA) is 236 Å². The van der Waals surface area contributed by atoms with Crippen molar-refractivity contribution in [2.75, 3.05) is 26.4 Å². The van der Waals surface area contributed by atoms with E-state index in [4.69, 9.17) is 23.8 Å². The van der Waals surface area contributed by atoms with Crippen molar-refractivity contribution in [1.29, 1.82) is 0 Å². The molecule has 0 aromatic rings. The molecule has 0 saturated heterocycles. The molecule has 0 aliphatic rings. The molecule has 0 spiro atoms. The smallest absolute Gasteiger partial charge is 0.462 e. The first-order valence-electron chi connectivity index (χ1n) is 22.2. The van der Waals surface area contributed by atoms with E-state index in [2.05, 4.69) is 65.4 Å². The van der Waals surface area contributed by atoms with E-state index in [0.717, 1.165) is 51.4 Å². The third-order valence-corrected chi connectivity index (χ3v) is 10.5. The molecule has 0 aliphatic carbocycles. The van der Waals surface area contributed by atoms with Crippen molar-refractivity contribution in [2.45, 2.75) is 180 Å². The predicted molar refractivity (Wildman–Crippen MR) is 237 cm³/mol. The minimum absolute atomic E-state index is 0.0891. The van der Waals surface area contributed by atoms with Crippen LogP contribution in [0.3, 0.4) is 0 Å². The normalized spacial score (nSPS) is 15.6. The van der Waals surface area contributed by atoms with Gasteiger partial charge >= 0.3 is 27.6 Å². The average molecular weight is 909 g/mol. The highest BCUT2D eigenvalue weighted by Gasteiger charge is 2.28. The summed E-state index contributed by atoms with van der Waals surface area (Å²) in [6.45, 7) is 1.35. The number of rotatable bonds is 41. The van der Waals surface area contributed by atoms with Gasteiger partial charge in [-0.3, -0.25) is 23.2 Å². The summed E-state index contributed by atoms with van der Waals surface area (Å²) < 4.78 is 47.6. The second-order valence-corrected chi connectivity index (χ2v) is 17.6. The number of aliphatic hydroxyl groups excluding tert-OH is 3. The van der Waals surface area contributed by atoms with E-state index in [1.807, 2.05) is 12.2 Å². The summed E-state index contributed by atoms with van der Waals surface area (Å²) in [6.07, 6.45) is 33.8. The number of carbonyl (C=O) groups excluding carboxylic acids is 2. The quantitative estimate of drug-likeness (QED) is 0.0110. The lowest BCUT2D eigenvalue weighted by Gasteiger charge is -2.21. The van der Waals surface area contributed by atoms with Gasteiger partial charge in [0.2, 0.25) is 0 Å². The molecule has 0 amide bonds. The van der Waals surface area contributed by atoms with Crippen LogP contribution in [-0.2, 0) is 41.8 Å². The summed E-state index contributed by atoms with van der Waals surface area (Å²) in [7, 11) is -9.79. The molecule has 0 aromatic heterocycles. The molecule has 15 nitrogen and oxygen atoms in total. The van der Waals surface area contributed by atoms with E-state index in [9.17, 15) is 38.9 Å². The number of hydrogen-bond donors (Lipinski definition) is 6. The minimum Gasteiger partial charge on any atom is -0.462 e. The van der Waals surface area contributed by atoms with Gasteiger partial charge in [0.05, 0.1) is 32.0 Å². The van der Waals surface area contributed by atoms with E-state index >= 15 is 0 Å². The first-order valence-corrected chi connectivity index (χ1v) is 25.2. The van der Waals surface area contributed by atoms with Gasteiger partial charge in [-0.15, -0.1) is 0 Å². The van der Waals surface area contributed by atoms with Crippen LogP contribution in [0.15, 0.2) is 60.8 Å². The highest BCUT2D eigenvalue weighted by atomic mass is 31.2. The zero-order chi connectivity index (χ0) is 45.5. The Balaban J connectivity index is 4.79. The van der Waals surface area contributed by atoms with Crippen molar-refractivity contribution in [2.24, 2.45) is 0 Å². The van der Waals surface area contributed by atoms with Crippen molar-refractivity contribution in [1.82, 2.24) is 0 Å². The zero-order valence-corrected chi connectivity index (χ0v) is 38.5. The molecule has 0 fully saturated rings. The van der Waals surface area contributed by atoms with Crippen LogP contribution in [0.1, 0.15) is 155 Å². The molecule has 5 atom stereocenters. The summed E-state index contributed by atoms with van der Waals surface area (Å²) in [5, 5.41) is 30.5. The van der Waals surface area contributed by atoms with Gasteiger partial charge in [-0.05, 0) is 77.0 Å². The Bertz CT molecular complexity index is 1340. The van der Waals surface area contributed by atoms with Gasteiger partial charge in [-0.25, -0.2) is 9.13 Å². The van der Waals surface area contributed by atoms with Crippen LogP contribution in [0.25, 0.3) is 0 Å². The van der Waals surface area contributed by atoms with E-state index in [1.165, 1.54) is 44.9 Å². The summed E-state index contributed by atoms with van der Waals surface area (Å²) in [5.74, 6) is -1.34. The van der Waals surface area contributed by atoms with Crippen LogP contribution in [0.4, 0.5) is 0 Å². The predicted octanol–water partition coefficient (Wildman–Crippen LogP) is 9.17. The molecule has 0 bridgehead atoms. The lowest BCUT2D eigenvalue weighted by Crippen LogP contribution is -2.30. The Morgan fingerprint density at radius 3 is 1.70 bits per heavy atom. The number of ether oxygens (including phenoxy) is 2. The fraction of sp³-hybridized carbons (Fsp3) is 0.727. The maximum atomic E-state index is 12.7. The SMILES string of the molecule is CCCCC/C=C\C/C=C\C/C=C\CC(O)C(O)CCCC(=O)O[C@H](COC(=O)CCCCCCC/C=C\C=C/CCCCCC)COP(=O)(O)OC[C@@H](O)COP(=O)(O)O. The van der Waals surface area contributed by atoms with Crippen molar-refractivity contribution >= 4 is 27.6 Å². The van der Waals surface area contributed by atoms with Crippen LogP contribution in [0.5, 0.6) is 0 Å². The van der Waals surface area contributed by atoms with E-state index in [-0.39, 0.29) is 32.1 Å². The molecule has 3 unspecified atom stereocenters. The van der Waals surface area contributed by atoms with Gasteiger partial charge in [0.25, 0.3) is 0 Å². The standard InChI is InChI=1S/C44H78O15P2/c1-3-5-7-9-11-13-15-17-18-19-21-23-25-27-29-33-43(48)55-37-40(38-58-61(53,54)57-36-39(45)35-56-60(50,51)52)59-44(49)34-30-32-42(47)41(46)31-28-26-24-22-20-16-14-12-10-8-6-4-2/h12-15,17-18,20,22,26,28,39-42,45-47H,3-11,16,19,21,23-25,27,29-38H2,1-2H3,(H,53,54)(H2,50,51,52)/b14-12-,15-13-,18-17-,22-20-,28-26-/t39-,40+,41?,42?/m0/s1. The van der Waals surface area contributed by atoms with Crippen LogP contribution in [0.2, 0.25) is 0 Å². The lowest BCUT2D eigenvalue weighted by molar-refractivity contribution is -0.161. The number of allylic oxidation sites excluding steroid dienone is 9. The maximum absolute atomic E-state index is 12.7. The molecule has 354 valence electrons. The second kappa shape index (κ2) is 39.3. The van der Waals surface area contributed by atoms with Gasteiger partial charge in [-0.1, -0.05) is 126 Å². The molecule has 17 heteroatoms. The largest absolute Gasteiger partial charge is 0.472 e. The minimum atomic E-state index is -4.90. The van der Waals surface area contributed by atoms with Crippen LogP contribution in [0, 0.1) is 0 Å². The summed E-state index contributed by atoms with van der Waals surface area (Å²) in [5.41, 5.74) is 0. The number of esters is 2. The van der Waals surface area contributed by atoms with E-state index in [0.29, 0.717) is 12.8 Å². The fourth-order valence-corrected chi connectivity index (χ4v) is 6.71. The summed E-state index contributed by atoms with van der Waals surface area (Å²) in [6, 6.07) is 0. The molecule has 0 rings (SSSR count). The van der Waals surface area contributed by atoms with Gasteiger partial charge in [0, 0.05) is 12.8 Å². The van der Waals surface area contributed by atoms with Crippen LogP contribution < -0.4 is 0 Å². The third kappa shape index (κ3) is 41.5. The molecule has 6 N–H and O–H groups in total. The molecule has 0 aromatic carbocycles. The number of unbranched alkanes of at least 4 members (excludes halogenated alkanes) is 12. The number of hydrogen-bond acceptors (Lipinski definition) is 12. The Morgan fingerprint density at radius 1 is 0.541 bits per heavy atom. The molecule has 0 aliphatic heterocycles. The molecule has 61 heavy (non-hydrogen) atoms. The monoisotopic (exact) mass is 908 g/mol.